The first-order valence-electron chi connectivity index (χ1n) is 9.13. The average Bonchev–Trinajstić information content (AvgIpc) is 3.12. The summed E-state index contributed by atoms with van der Waals surface area (Å²) in [4.78, 5) is 8.06. The van der Waals surface area contributed by atoms with Crippen LogP contribution in [0.15, 0.2) is 77.7 Å². The molecule has 3 aromatic carbocycles. The number of aryl methyl sites for hydroxylation is 1. The molecular weight excluding hydrogens is 370 g/mol. The number of fused-ring (bicyclic) bond motifs is 1. The minimum Gasteiger partial charge on any atom is -0.338 e. The molecule has 4 rings (SSSR count). The predicted molar refractivity (Wildman–Crippen MR) is 113 cm³/mol. The second kappa shape index (κ2) is 7.13. The summed E-state index contributed by atoms with van der Waals surface area (Å²) in [6, 6.07) is 22.3. The van der Waals surface area contributed by atoms with Gasteiger partial charge < -0.3 is 4.98 Å². The third-order valence-corrected chi connectivity index (χ3v) is 6.56. The van der Waals surface area contributed by atoms with Gasteiger partial charge in [-0.15, -0.1) is 0 Å². The van der Waals surface area contributed by atoms with Crippen LogP contribution in [0.4, 0.5) is 5.69 Å². The normalized spacial score (nSPS) is 11.6. The standard InChI is InChI=1S/C22H21N3O2S/c1-3-25(18-11-7-8-16(2)14-18)28(26,27)19-12-13-20-21(15-19)24-22(23-20)17-9-5-4-6-10-17/h4-15H,3H2,1-2H3,(H,23,24). The van der Waals surface area contributed by atoms with Gasteiger partial charge in [0.15, 0.2) is 0 Å². The Morgan fingerprint density at radius 1 is 0.964 bits per heavy atom. The zero-order valence-electron chi connectivity index (χ0n) is 15.8. The van der Waals surface area contributed by atoms with Gasteiger partial charge in [0.1, 0.15) is 5.82 Å². The summed E-state index contributed by atoms with van der Waals surface area (Å²) >= 11 is 0. The van der Waals surface area contributed by atoms with Crippen LogP contribution in [-0.2, 0) is 10.0 Å². The number of rotatable bonds is 5. The Labute approximate surface area is 164 Å². The number of sulfonamides is 1. The van der Waals surface area contributed by atoms with Crippen LogP contribution < -0.4 is 4.31 Å². The van der Waals surface area contributed by atoms with Crippen molar-refractivity contribution in [1.82, 2.24) is 9.97 Å². The first-order chi connectivity index (χ1) is 13.5. The molecule has 1 aromatic heterocycles. The van der Waals surface area contributed by atoms with Crippen LogP contribution in [0.3, 0.4) is 0 Å². The minimum atomic E-state index is -3.68. The number of nitrogens with zero attached hydrogens (tertiary/aromatic N) is 2. The predicted octanol–water partition coefficient (Wildman–Crippen LogP) is 4.75. The van der Waals surface area contributed by atoms with Crippen LogP contribution in [0, 0.1) is 6.92 Å². The molecule has 0 saturated carbocycles. The zero-order valence-corrected chi connectivity index (χ0v) is 16.6. The number of hydrogen-bond acceptors (Lipinski definition) is 3. The summed E-state index contributed by atoms with van der Waals surface area (Å²) in [5.41, 5.74) is 4.06. The van der Waals surface area contributed by atoms with Gasteiger partial charge in [-0.3, -0.25) is 4.31 Å². The van der Waals surface area contributed by atoms with Gasteiger partial charge in [0.2, 0.25) is 0 Å². The quantitative estimate of drug-likeness (QED) is 0.534. The number of nitrogens with one attached hydrogen (secondary N) is 1. The molecule has 0 radical (unpaired) electrons. The van der Waals surface area contributed by atoms with E-state index in [1.54, 1.807) is 18.2 Å². The van der Waals surface area contributed by atoms with Crippen LogP contribution in [0.25, 0.3) is 22.4 Å². The molecule has 0 saturated heterocycles. The lowest BCUT2D eigenvalue weighted by Crippen LogP contribution is -2.30. The monoisotopic (exact) mass is 391 g/mol. The third-order valence-electron chi connectivity index (χ3n) is 4.67. The first-order valence-corrected chi connectivity index (χ1v) is 10.6. The molecule has 0 atom stereocenters. The molecular formula is C22H21N3O2S. The van der Waals surface area contributed by atoms with Crippen LogP contribution in [0.5, 0.6) is 0 Å². The van der Waals surface area contributed by atoms with Gasteiger partial charge >= 0.3 is 0 Å². The molecule has 1 heterocycles. The van der Waals surface area contributed by atoms with Gasteiger partial charge in [0.05, 0.1) is 21.6 Å². The van der Waals surface area contributed by atoms with Crippen LogP contribution >= 0.6 is 0 Å². The summed E-state index contributed by atoms with van der Waals surface area (Å²) in [6.07, 6.45) is 0. The maximum Gasteiger partial charge on any atom is 0.264 e. The Kier molecular flexibility index (Phi) is 4.65. The van der Waals surface area contributed by atoms with E-state index in [9.17, 15) is 8.42 Å². The van der Waals surface area contributed by atoms with E-state index in [0.717, 1.165) is 22.5 Å². The van der Waals surface area contributed by atoms with Gasteiger partial charge in [0, 0.05) is 12.1 Å². The maximum absolute atomic E-state index is 13.3. The molecule has 6 heteroatoms. The van der Waals surface area contributed by atoms with E-state index >= 15 is 0 Å². The van der Waals surface area contributed by atoms with Gasteiger partial charge in [-0.1, -0.05) is 42.5 Å². The molecule has 0 amide bonds. The molecule has 0 aliphatic heterocycles. The number of hydrogen-bond donors (Lipinski definition) is 1. The van der Waals surface area contributed by atoms with E-state index < -0.39 is 10.0 Å². The highest BCUT2D eigenvalue weighted by molar-refractivity contribution is 7.92. The molecule has 0 fully saturated rings. The van der Waals surface area contributed by atoms with Crippen LogP contribution in [0.1, 0.15) is 12.5 Å². The van der Waals surface area contributed by atoms with E-state index in [1.165, 1.54) is 4.31 Å². The summed E-state index contributed by atoms with van der Waals surface area (Å²) in [5, 5.41) is 0. The third kappa shape index (κ3) is 3.27. The highest BCUT2D eigenvalue weighted by atomic mass is 32.2. The van der Waals surface area contributed by atoms with Crippen molar-refractivity contribution in [2.75, 3.05) is 10.8 Å². The lowest BCUT2D eigenvalue weighted by Gasteiger charge is -2.23. The molecule has 0 spiro atoms. The largest absolute Gasteiger partial charge is 0.338 e. The fourth-order valence-corrected chi connectivity index (χ4v) is 4.78. The number of benzene rings is 3. The Hall–Kier alpha value is -3.12. The fraction of sp³-hybridized carbons (Fsp3) is 0.136. The fourth-order valence-electron chi connectivity index (χ4n) is 3.28. The molecule has 0 aliphatic rings. The van der Waals surface area contributed by atoms with Gasteiger partial charge in [0.25, 0.3) is 10.0 Å². The molecule has 0 bridgehead atoms. The van der Waals surface area contributed by atoms with Gasteiger partial charge in [-0.2, -0.15) is 0 Å². The second-order valence-electron chi connectivity index (χ2n) is 6.64. The summed E-state index contributed by atoms with van der Waals surface area (Å²) in [5.74, 6) is 0.719. The molecule has 0 aliphatic carbocycles. The van der Waals surface area contributed by atoms with E-state index in [4.69, 9.17) is 0 Å². The maximum atomic E-state index is 13.3. The lowest BCUT2D eigenvalue weighted by molar-refractivity contribution is 0.592. The van der Waals surface area contributed by atoms with Gasteiger partial charge in [-0.25, -0.2) is 13.4 Å². The van der Waals surface area contributed by atoms with Crippen molar-refractivity contribution < 1.29 is 8.42 Å². The summed E-state index contributed by atoms with van der Waals surface area (Å²) in [7, 11) is -3.68. The smallest absolute Gasteiger partial charge is 0.264 e. The van der Waals surface area contributed by atoms with Crippen molar-refractivity contribution in [2.24, 2.45) is 0 Å². The Morgan fingerprint density at radius 2 is 1.75 bits per heavy atom. The van der Waals surface area contributed by atoms with Crippen LogP contribution in [-0.4, -0.2) is 24.9 Å². The molecule has 0 unspecified atom stereocenters. The van der Waals surface area contributed by atoms with Crippen molar-refractivity contribution in [3.63, 3.8) is 0 Å². The van der Waals surface area contributed by atoms with Crippen LogP contribution in [0.2, 0.25) is 0 Å². The highest BCUT2D eigenvalue weighted by Gasteiger charge is 2.24. The number of anilines is 1. The SMILES string of the molecule is CCN(c1cccc(C)c1)S(=O)(=O)c1ccc2nc(-c3ccccc3)[nH]c2c1. The van der Waals surface area contributed by atoms with Gasteiger partial charge in [-0.05, 0) is 49.7 Å². The van der Waals surface area contributed by atoms with E-state index in [1.807, 2.05) is 68.4 Å². The van der Waals surface area contributed by atoms with E-state index in [0.29, 0.717) is 17.7 Å². The molecule has 5 nitrogen and oxygen atoms in total. The Morgan fingerprint density at radius 3 is 2.46 bits per heavy atom. The summed E-state index contributed by atoms with van der Waals surface area (Å²) in [6.45, 7) is 4.13. The number of aromatic amines is 1. The molecule has 28 heavy (non-hydrogen) atoms. The van der Waals surface area contributed by atoms with Crippen molar-refractivity contribution in [3.8, 4) is 11.4 Å². The molecule has 4 aromatic rings. The van der Waals surface area contributed by atoms with Crippen molar-refractivity contribution >= 4 is 26.7 Å². The van der Waals surface area contributed by atoms with Crippen molar-refractivity contribution in [3.05, 3.63) is 78.4 Å². The van der Waals surface area contributed by atoms with Crippen molar-refractivity contribution in [1.29, 1.82) is 0 Å². The van der Waals surface area contributed by atoms with Crippen molar-refractivity contribution in [2.45, 2.75) is 18.7 Å². The average molecular weight is 391 g/mol. The zero-order chi connectivity index (χ0) is 19.7. The lowest BCUT2D eigenvalue weighted by atomic mass is 10.2. The number of aromatic nitrogens is 2. The summed E-state index contributed by atoms with van der Waals surface area (Å²) < 4.78 is 28.0. The second-order valence-corrected chi connectivity index (χ2v) is 8.50. The Bertz CT molecular complexity index is 1230. The number of H-pyrrole nitrogens is 1. The highest BCUT2D eigenvalue weighted by Crippen LogP contribution is 2.27. The molecule has 142 valence electrons. The topological polar surface area (TPSA) is 66.1 Å². The van der Waals surface area contributed by atoms with E-state index in [2.05, 4.69) is 9.97 Å². The first kappa shape index (κ1) is 18.3. The molecule has 1 N–H and O–H groups in total. The minimum absolute atomic E-state index is 0.242. The number of imidazole rings is 1. The Balaban J connectivity index is 1.77. The van der Waals surface area contributed by atoms with E-state index in [-0.39, 0.29) is 4.90 Å².